The van der Waals surface area contributed by atoms with E-state index in [1.165, 1.54) is 19.3 Å². The average molecular weight is 359 g/mol. The zero-order chi connectivity index (χ0) is 17.5. The van der Waals surface area contributed by atoms with Gasteiger partial charge in [-0.2, -0.15) is 0 Å². The molecule has 0 bridgehead atoms. The Morgan fingerprint density at radius 1 is 1.28 bits per heavy atom. The van der Waals surface area contributed by atoms with E-state index in [0.717, 1.165) is 22.7 Å². The molecule has 2 unspecified atom stereocenters. The number of carbonyl (C=O) groups is 1. The smallest absolute Gasteiger partial charge is 0.319 e. The molecule has 3 rings (SSSR count). The lowest BCUT2D eigenvalue weighted by Gasteiger charge is -2.28. The van der Waals surface area contributed by atoms with Crippen LogP contribution < -0.4 is 10.6 Å². The van der Waals surface area contributed by atoms with Crippen molar-refractivity contribution in [3.8, 4) is 10.6 Å². The Bertz CT molecular complexity index is 658. The summed E-state index contributed by atoms with van der Waals surface area (Å²) in [5, 5.41) is 8.61. The average Bonchev–Trinajstić information content (AvgIpc) is 3.15. The normalized spacial score (nSPS) is 20.2. The van der Waals surface area contributed by atoms with Crippen LogP contribution >= 0.6 is 11.3 Å². The highest BCUT2D eigenvalue weighted by Gasteiger charge is 2.21. The second-order valence-electron chi connectivity index (χ2n) is 6.47. The van der Waals surface area contributed by atoms with Crippen molar-refractivity contribution in [1.29, 1.82) is 0 Å². The van der Waals surface area contributed by atoms with Gasteiger partial charge in [-0.05, 0) is 43.0 Å². The van der Waals surface area contributed by atoms with Gasteiger partial charge in [0, 0.05) is 29.4 Å². The number of thiazole rings is 1. The van der Waals surface area contributed by atoms with E-state index in [2.05, 4.69) is 22.5 Å². The summed E-state index contributed by atoms with van der Waals surface area (Å²) in [7, 11) is 0. The van der Waals surface area contributed by atoms with E-state index in [1.54, 1.807) is 17.5 Å². The lowest BCUT2D eigenvalue weighted by Crippen LogP contribution is -2.34. The lowest BCUT2D eigenvalue weighted by atomic mass is 9.88. The van der Waals surface area contributed by atoms with Gasteiger partial charge in [0.25, 0.3) is 0 Å². The molecule has 1 aliphatic rings. The standard InChI is InChI=1S/C19H25N3O2S/c1-14-4-2-3-5-17(14)24-12-10-21-19(23)22-16-8-6-15(7-9-16)18-20-11-13-25-18/h6-9,11,13-14,17H,2-5,10,12H2,1H3,(H2,21,22,23). The van der Waals surface area contributed by atoms with Crippen LogP contribution in [0.25, 0.3) is 10.6 Å². The maximum atomic E-state index is 12.0. The monoisotopic (exact) mass is 359 g/mol. The minimum absolute atomic E-state index is 0.206. The van der Waals surface area contributed by atoms with Gasteiger partial charge < -0.3 is 15.4 Å². The fraction of sp³-hybridized carbons (Fsp3) is 0.474. The van der Waals surface area contributed by atoms with Crippen molar-refractivity contribution < 1.29 is 9.53 Å². The van der Waals surface area contributed by atoms with Gasteiger partial charge in [0.1, 0.15) is 5.01 Å². The second-order valence-corrected chi connectivity index (χ2v) is 7.36. The predicted molar refractivity (Wildman–Crippen MR) is 102 cm³/mol. The molecule has 134 valence electrons. The number of benzene rings is 1. The number of amides is 2. The summed E-state index contributed by atoms with van der Waals surface area (Å²) >= 11 is 1.60. The van der Waals surface area contributed by atoms with Gasteiger partial charge in [-0.1, -0.05) is 19.8 Å². The van der Waals surface area contributed by atoms with Crippen LogP contribution in [0.3, 0.4) is 0 Å². The predicted octanol–water partition coefficient (Wildman–Crippen LogP) is 4.53. The van der Waals surface area contributed by atoms with Crippen molar-refractivity contribution in [2.75, 3.05) is 18.5 Å². The van der Waals surface area contributed by atoms with Crippen molar-refractivity contribution in [2.24, 2.45) is 5.92 Å². The van der Waals surface area contributed by atoms with E-state index in [9.17, 15) is 4.79 Å². The fourth-order valence-electron chi connectivity index (χ4n) is 3.14. The van der Waals surface area contributed by atoms with Crippen molar-refractivity contribution in [3.63, 3.8) is 0 Å². The Labute approximate surface area is 152 Å². The van der Waals surface area contributed by atoms with Crippen molar-refractivity contribution in [1.82, 2.24) is 10.3 Å². The van der Waals surface area contributed by atoms with Gasteiger partial charge in [-0.25, -0.2) is 9.78 Å². The molecule has 2 N–H and O–H groups in total. The number of nitrogens with one attached hydrogen (secondary N) is 2. The first-order valence-corrected chi connectivity index (χ1v) is 9.77. The maximum absolute atomic E-state index is 12.0. The van der Waals surface area contributed by atoms with E-state index in [0.29, 0.717) is 25.2 Å². The summed E-state index contributed by atoms with van der Waals surface area (Å²) in [5.74, 6) is 0.624. The molecule has 0 aliphatic heterocycles. The first-order chi connectivity index (χ1) is 12.2. The Hall–Kier alpha value is -1.92. The zero-order valence-electron chi connectivity index (χ0n) is 14.5. The molecule has 6 heteroatoms. The van der Waals surface area contributed by atoms with Crippen molar-refractivity contribution in [3.05, 3.63) is 35.8 Å². The highest BCUT2D eigenvalue weighted by Crippen LogP contribution is 2.26. The third-order valence-electron chi connectivity index (χ3n) is 4.57. The molecule has 5 nitrogen and oxygen atoms in total. The molecular weight excluding hydrogens is 334 g/mol. The number of hydrogen-bond acceptors (Lipinski definition) is 4. The number of urea groups is 1. The highest BCUT2D eigenvalue weighted by molar-refractivity contribution is 7.13. The number of rotatable bonds is 6. The largest absolute Gasteiger partial charge is 0.376 e. The van der Waals surface area contributed by atoms with E-state index in [4.69, 9.17) is 4.74 Å². The molecule has 2 atom stereocenters. The third kappa shape index (κ3) is 5.28. The molecule has 0 spiro atoms. The quantitative estimate of drug-likeness (QED) is 0.745. The number of nitrogens with zero attached hydrogens (tertiary/aromatic N) is 1. The molecule has 2 amide bonds. The summed E-state index contributed by atoms with van der Waals surface area (Å²) in [5.41, 5.74) is 1.82. The van der Waals surface area contributed by atoms with Crippen molar-refractivity contribution >= 4 is 23.1 Å². The minimum atomic E-state index is -0.206. The summed E-state index contributed by atoms with van der Waals surface area (Å²) in [6.45, 7) is 3.33. The molecule has 25 heavy (non-hydrogen) atoms. The first kappa shape index (κ1) is 17.9. The van der Waals surface area contributed by atoms with Crippen molar-refractivity contribution in [2.45, 2.75) is 38.7 Å². The van der Waals surface area contributed by atoms with E-state index >= 15 is 0 Å². The molecule has 0 radical (unpaired) electrons. The van der Waals surface area contributed by atoms with Gasteiger partial charge in [0.2, 0.25) is 0 Å². The fourth-order valence-corrected chi connectivity index (χ4v) is 3.79. The van der Waals surface area contributed by atoms with Gasteiger partial charge in [-0.3, -0.25) is 0 Å². The number of anilines is 1. The summed E-state index contributed by atoms with van der Waals surface area (Å²) in [6, 6.07) is 7.49. The number of aromatic nitrogens is 1. The molecular formula is C19H25N3O2S. The van der Waals surface area contributed by atoms with Crippen LogP contribution in [0.5, 0.6) is 0 Å². The number of carbonyl (C=O) groups excluding carboxylic acids is 1. The van der Waals surface area contributed by atoms with Crippen LogP contribution in [-0.4, -0.2) is 30.3 Å². The molecule has 1 aromatic heterocycles. The van der Waals surface area contributed by atoms with Crippen LogP contribution in [0.15, 0.2) is 35.8 Å². The van der Waals surface area contributed by atoms with E-state index < -0.39 is 0 Å². The molecule has 1 heterocycles. The topological polar surface area (TPSA) is 63.2 Å². The van der Waals surface area contributed by atoms with Crippen LogP contribution in [0.1, 0.15) is 32.6 Å². The van der Waals surface area contributed by atoms with Gasteiger partial charge in [0.05, 0.1) is 12.7 Å². The van der Waals surface area contributed by atoms with Crippen LogP contribution in [0, 0.1) is 5.92 Å². The van der Waals surface area contributed by atoms with Gasteiger partial charge in [0.15, 0.2) is 0 Å². The molecule has 1 aliphatic carbocycles. The van der Waals surface area contributed by atoms with E-state index in [-0.39, 0.29) is 6.03 Å². The zero-order valence-corrected chi connectivity index (χ0v) is 15.3. The van der Waals surface area contributed by atoms with Crippen LogP contribution in [0.2, 0.25) is 0 Å². The van der Waals surface area contributed by atoms with Crippen LogP contribution in [0.4, 0.5) is 10.5 Å². The Balaban J connectivity index is 1.37. The Morgan fingerprint density at radius 2 is 2.08 bits per heavy atom. The highest BCUT2D eigenvalue weighted by atomic mass is 32.1. The van der Waals surface area contributed by atoms with Crippen LogP contribution in [-0.2, 0) is 4.74 Å². The first-order valence-electron chi connectivity index (χ1n) is 8.89. The lowest BCUT2D eigenvalue weighted by molar-refractivity contribution is -0.00232. The molecule has 0 saturated heterocycles. The molecule has 2 aromatic rings. The summed E-state index contributed by atoms with van der Waals surface area (Å²) in [6.07, 6.45) is 7.07. The molecule has 1 fully saturated rings. The third-order valence-corrected chi connectivity index (χ3v) is 5.40. The minimum Gasteiger partial charge on any atom is -0.376 e. The molecule has 1 aromatic carbocycles. The number of ether oxygens (including phenoxy) is 1. The molecule has 1 saturated carbocycles. The SMILES string of the molecule is CC1CCCCC1OCCNC(=O)Nc1ccc(-c2nccs2)cc1. The number of hydrogen-bond donors (Lipinski definition) is 2. The van der Waals surface area contributed by atoms with Gasteiger partial charge in [-0.15, -0.1) is 11.3 Å². The Morgan fingerprint density at radius 3 is 2.80 bits per heavy atom. The van der Waals surface area contributed by atoms with E-state index in [1.807, 2.05) is 29.6 Å². The second kappa shape index (κ2) is 8.97. The maximum Gasteiger partial charge on any atom is 0.319 e. The van der Waals surface area contributed by atoms with Gasteiger partial charge >= 0.3 is 6.03 Å². The Kier molecular flexibility index (Phi) is 6.42. The summed E-state index contributed by atoms with van der Waals surface area (Å²) < 4.78 is 5.90. The summed E-state index contributed by atoms with van der Waals surface area (Å²) in [4.78, 5) is 16.2.